The van der Waals surface area contributed by atoms with Crippen molar-refractivity contribution in [3.63, 3.8) is 0 Å². The van der Waals surface area contributed by atoms with Gasteiger partial charge >= 0.3 is 5.97 Å². The summed E-state index contributed by atoms with van der Waals surface area (Å²) >= 11 is 0. The summed E-state index contributed by atoms with van der Waals surface area (Å²) in [5.41, 5.74) is 0. The van der Waals surface area contributed by atoms with Gasteiger partial charge in [-0.3, -0.25) is 4.79 Å². The molecule has 2 N–H and O–H groups in total. The van der Waals surface area contributed by atoms with Gasteiger partial charge in [0.05, 0.1) is 5.75 Å². The molecule has 8 nitrogen and oxygen atoms in total. The zero-order valence-corrected chi connectivity index (χ0v) is 14.5. The molecule has 0 aliphatic carbocycles. The largest absolute Gasteiger partial charge is 0.480 e. The lowest BCUT2D eigenvalue weighted by Gasteiger charge is -2.25. The fraction of sp³-hybridized carbons (Fsp3) is 0.857. The van der Waals surface area contributed by atoms with Gasteiger partial charge in [-0.25, -0.2) is 13.2 Å². The van der Waals surface area contributed by atoms with Crippen molar-refractivity contribution in [2.24, 2.45) is 0 Å². The molecule has 1 saturated heterocycles. The van der Waals surface area contributed by atoms with E-state index in [2.05, 4.69) is 5.32 Å². The molecule has 0 spiro atoms. The summed E-state index contributed by atoms with van der Waals surface area (Å²) in [7, 11) is -2.04. The Morgan fingerprint density at radius 1 is 1.43 bits per heavy atom. The average Bonchev–Trinajstić information content (AvgIpc) is 2.99. The fourth-order valence-corrected chi connectivity index (χ4v) is 4.42. The number of carbonyl (C=O) groups is 2. The number of nitrogens with zero attached hydrogens (tertiary/aromatic N) is 1. The number of rotatable bonds is 10. The van der Waals surface area contributed by atoms with Crippen LogP contribution in [0.1, 0.15) is 39.0 Å². The van der Waals surface area contributed by atoms with Crippen LogP contribution >= 0.6 is 0 Å². The molecular formula is C14H26N2O6S. The first kappa shape index (κ1) is 19.9. The normalized spacial score (nSPS) is 20.3. The summed E-state index contributed by atoms with van der Waals surface area (Å²) < 4.78 is 30.7. The van der Waals surface area contributed by atoms with Crippen molar-refractivity contribution in [2.45, 2.75) is 51.1 Å². The highest BCUT2D eigenvalue weighted by atomic mass is 32.2. The summed E-state index contributed by atoms with van der Waals surface area (Å²) in [6, 6.07) is -1.90. The highest BCUT2D eigenvalue weighted by Gasteiger charge is 2.39. The monoisotopic (exact) mass is 350 g/mol. The van der Waals surface area contributed by atoms with E-state index in [1.807, 2.05) is 6.92 Å². The molecule has 1 aliphatic heterocycles. The van der Waals surface area contributed by atoms with E-state index in [9.17, 15) is 18.0 Å². The van der Waals surface area contributed by atoms with Crippen molar-refractivity contribution in [1.29, 1.82) is 0 Å². The number of carbonyl (C=O) groups excluding carboxylic acids is 1. The molecule has 1 rings (SSSR count). The summed E-state index contributed by atoms with van der Waals surface area (Å²) in [4.78, 5) is 23.5. The molecule has 0 saturated carbocycles. The predicted octanol–water partition coefficient (Wildman–Crippen LogP) is 0.187. The van der Waals surface area contributed by atoms with Crippen LogP contribution in [-0.2, 0) is 24.3 Å². The number of carboxylic acids is 1. The van der Waals surface area contributed by atoms with Gasteiger partial charge in [0.25, 0.3) is 0 Å². The molecule has 1 fully saturated rings. The van der Waals surface area contributed by atoms with E-state index >= 15 is 0 Å². The molecule has 0 aromatic rings. The van der Waals surface area contributed by atoms with Crippen molar-refractivity contribution >= 4 is 21.9 Å². The van der Waals surface area contributed by atoms with E-state index < -0.39 is 34.0 Å². The SMILES string of the molecule is CCCCS(=O)(=O)N1CCCC1C(=O)NC(CCOC)C(=O)O. The number of nitrogens with one attached hydrogen (secondary N) is 1. The minimum absolute atomic E-state index is 0.0132. The van der Waals surface area contributed by atoms with Crippen LogP contribution in [0.15, 0.2) is 0 Å². The molecule has 1 heterocycles. The number of sulfonamides is 1. The molecule has 2 unspecified atom stereocenters. The Bertz CT molecular complexity index is 507. The Hall–Kier alpha value is -1.19. The number of hydrogen-bond donors (Lipinski definition) is 2. The van der Waals surface area contributed by atoms with E-state index in [-0.39, 0.29) is 18.8 Å². The topological polar surface area (TPSA) is 113 Å². The third-order valence-electron chi connectivity index (χ3n) is 3.84. The Morgan fingerprint density at radius 3 is 2.70 bits per heavy atom. The molecule has 134 valence electrons. The minimum atomic E-state index is -3.49. The van der Waals surface area contributed by atoms with Gasteiger partial charge in [-0.05, 0) is 19.3 Å². The van der Waals surface area contributed by atoms with Gasteiger partial charge in [-0.2, -0.15) is 4.31 Å². The Kier molecular flexibility index (Phi) is 7.93. The van der Waals surface area contributed by atoms with Crippen molar-refractivity contribution in [2.75, 3.05) is 26.0 Å². The van der Waals surface area contributed by atoms with E-state index in [0.29, 0.717) is 25.8 Å². The smallest absolute Gasteiger partial charge is 0.326 e. The Labute approximate surface area is 137 Å². The highest BCUT2D eigenvalue weighted by molar-refractivity contribution is 7.89. The number of hydrogen-bond acceptors (Lipinski definition) is 5. The molecule has 1 amide bonds. The number of unbranched alkanes of at least 4 members (excludes halogenated alkanes) is 1. The van der Waals surface area contributed by atoms with Crippen LogP contribution in [0.25, 0.3) is 0 Å². The van der Waals surface area contributed by atoms with E-state index in [1.54, 1.807) is 0 Å². The van der Waals surface area contributed by atoms with Crippen molar-refractivity contribution < 1.29 is 27.9 Å². The van der Waals surface area contributed by atoms with Gasteiger partial charge in [0.15, 0.2) is 0 Å². The molecule has 2 atom stereocenters. The van der Waals surface area contributed by atoms with Gasteiger partial charge < -0.3 is 15.2 Å². The number of carboxylic acid groups (broad SMARTS) is 1. The molecule has 1 aliphatic rings. The van der Waals surface area contributed by atoms with Crippen LogP contribution < -0.4 is 5.32 Å². The van der Waals surface area contributed by atoms with E-state index in [0.717, 1.165) is 6.42 Å². The second kappa shape index (κ2) is 9.19. The Morgan fingerprint density at radius 2 is 2.13 bits per heavy atom. The number of amides is 1. The maximum Gasteiger partial charge on any atom is 0.326 e. The van der Waals surface area contributed by atoms with Gasteiger partial charge in [0.1, 0.15) is 12.1 Å². The standard InChI is InChI=1S/C14H26N2O6S/c1-3-4-10-23(20,21)16-8-5-6-12(16)13(17)15-11(14(18)19)7-9-22-2/h11-12H,3-10H2,1-2H3,(H,15,17)(H,18,19). The molecule has 23 heavy (non-hydrogen) atoms. The average molecular weight is 350 g/mol. The fourth-order valence-electron chi connectivity index (χ4n) is 2.54. The maximum atomic E-state index is 12.3. The quantitative estimate of drug-likeness (QED) is 0.581. The Balaban J connectivity index is 2.75. The number of methoxy groups -OCH3 is 1. The first-order valence-electron chi connectivity index (χ1n) is 7.85. The van der Waals surface area contributed by atoms with Crippen molar-refractivity contribution in [3.05, 3.63) is 0 Å². The van der Waals surface area contributed by atoms with E-state index in [1.165, 1.54) is 11.4 Å². The van der Waals surface area contributed by atoms with Crippen LogP contribution in [0.2, 0.25) is 0 Å². The number of ether oxygens (including phenoxy) is 1. The van der Waals surface area contributed by atoms with Gasteiger partial charge in [0, 0.05) is 26.7 Å². The zero-order valence-electron chi connectivity index (χ0n) is 13.7. The summed E-state index contributed by atoms with van der Waals surface area (Å²) in [6.07, 6.45) is 2.43. The second-order valence-corrected chi connectivity index (χ2v) is 7.66. The lowest BCUT2D eigenvalue weighted by atomic mass is 10.1. The third-order valence-corrected chi connectivity index (χ3v) is 5.80. The maximum absolute atomic E-state index is 12.3. The van der Waals surface area contributed by atoms with E-state index in [4.69, 9.17) is 9.84 Å². The molecule has 0 aromatic carbocycles. The van der Waals surface area contributed by atoms with Crippen molar-refractivity contribution in [1.82, 2.24) is 9.62 Å². The second-order valence-electron chi connectivity index (χ2n) is 5.62. The first-order valence-corrected chi connectivity index (χ1v) is 9.46. The van der Waals surface area contributed by atoms with Crippen LogP contribution in [-0.4, -0.2) is 67.8 Å². The zero-order chi connectivity index (χ0) is 17.5. The third kappa shape index (κ3) is 5.74. The van der Waals surface area contributed by atoms with Crippen LogP contribution in [0, 0.1) is 0 Å². The van der Waals surface area contributed by atoms with Crippen molar-refractivity contribution in [3.8, 4) is 0 Å². The van der Waals surface area contributed by atoms with Crippen LogP contribution in [0.3, 0.4) is 0 Å². The first-order chi connectivity index (χ1) is 10.8. The van der Waals surface area contributed by atoms with Gasteiger partial charge in [-0.1, -0.05) is 13.3 Å². The lowest BCUT2D eigenvalue weighted by molar-refractivity contribution is -0.142. The summed E-state index contributed by atoms with van der Waals surface area (Å²) in [5.74, 6) is -1.70. The van der Waals surface area contributed by atoms with Crippen LogP contribution in [0.4, 0.5) is 0 Å². The van der Waals surface area contributed by atoms with Gasteiger partial charge in [0.2, 0.25) is 15.9 Å². The highest BCUT2D eigenvalue weighted by Crippen LogP contribution is 2.22. The summed E-state index contributed by atoms with van der Waals surface area (Å²) in [5, 5.41) is 11.6. The lowest BCUT2D eigenvalue weighted by Crippen LogP contribution is -2.51. The molecule has 0 radical (unpaired) electrons. The predicted molar refractivity (Wildman–Crippen MR) is 84.5 cm³/mol. The number of aliphatic carboxylic acids is 1. The molecule has 0 aromatic heterocycles. The minimum Gasteiger partial charge on any atom is -0.480 e. The molecular weight excluding hydrogens is 324 g/mol. The van der Waals surface area contributed by atoms with Gasteiger partial charge in [-0.15, -0.1) is 0 Å². The molecule has 9 heteroatoms. The van der Waals surface area contributed by atoms with Crippen LogP contribution in [0.5, 0.6) is 0 Å². The molecule has 0 bridgehead atoms. The summed E-state index contributed by atoms with van der Waals surface area (Å²) in [6.45, 7) is 2.40.